The van der Waals surface area contributed by atoms with Crippen LogP contribution in [0.15, 0.2) is 29.6 Å². The van der Waals surface area contributed by atoms with Gasteiger partial charge in [0.1, 0.15) is 12.4 Å². The minimum absolute atomic E-state index is 0.122. The highest BCUT2D eigenvalue weighted by atomic mass is 35.5. The standard InChI is InChI=1S/C18H18ClNO2S/c1-11-15-5-7-23-17(15)4-6-20(11)18(21)13-8-12-9-14(19)2-3-16(12)22-10-13/h2-3,5,7,9,11,13H,4,6,8,10H2,1H3/t11-,13-/m0/s1. The smallest absolute Gasteiger partial charge is 0.229 e. The molecule has 1 aromatic carbocycles. The molecule has 4 rings (SSSR count). The predicted octanol–water partition coefficient (Wildman–Crippen LogP) is 4.10. The monoisotopic (exact) mass is 347 g/mol. The molecule has 0 aliphatic carbocycles. The molecule has 23 heavy (non-hydrogen) atoms. The molecule has 0 saturated heterocycles. The van der Waals surface area contributed by atoms with E-state index in [1.54, 1.807) is 11.3 Å². The number of hydrogen-bond acceptors (Lipinski definition) is 3. The van der Waals surface area contributed by atoms with Crippen molar-refractivity contribution in [2.75, 3.05) is 13.2 Å². The third kappa shape index (κ3) is 2.64. The van der Waals surface area contributed by atoms with Gasteiger partial charge in [0, 0.05) is 16.4 Å². The Bertz CT molecular complexity index is 757. The number of ether oxygens (including phenoxy) is 1. The van der Waals surface area contributed by atoms with E-state index < -0.39 is 0 Å². The number of rotatable bonds is 1. The summed E-state index contributed by atoms with van der Waals surface area (Å²) in [6.45, 7) is 3.37. The summed E-state index contributed by atoms with van der Waals surface area (Å²) < 4.78 is 5.79. The Morgan fingerprint density at radius 3 is 3.13 bits per heavy atom. The van der Waals surface area contributed by atoms with Gasteiger partial charge in [0.05, 0.1) is 12.0 Å². The number of benzene rings is 1. The lowest BCUT2D eigenvalue weighted by molar-refractivity contribution is -0.139. The largest absolute Gasteiger partial charge is 0.492 e. The molecule has 0 N–H and O–H groups in total. The zero-order valence-corrected chi connectivity index (χ0v) is 14.5. The third-order valence-electron chi connectivity index (χ3n) is 4.84. The van der Waals surface area contributed by atoms with Gasteiger partial charge in [0.15, 0.2) is 0 Å². The van der Waals surface area contributed by atoms with Crippen molar-refractivity contribution in [1.29, 1.82) is 0 Å². The van der Waals surface area contributed by atoms with Crippen LogP contribution in [0.4, 0.5) is 0 Å². The first-order chi connectivity index (χ1) is 11.1. The van der Waals surface area contributed by atoms with E-state index in [0.717, 1.165) is 24.3 Å². The molecule has 0 bridgehead atoms. The van der Waals surface area contributed by atoms with Crippen LogP contribution in [0.2, 0.25) is 5.02 Å². The first-order valence-electron chi connectivity index (χ1n) is 7.91. The van der Waals surface area contributed by atoms with E-state index in [-0.39, 0.29) is 17.9 Å². The SMILES string of the molecule is C[C@H]1c2ccsc2CCN1C(=O)[C@@H]1COc2ccc(Cl)cc2C1. The van der Waals surface area contributed by atoms with Crippen molar-refractivity contribution in [3.8, 4) is 5.75 Å². The molecule has 3 nitrogen and oxygen atoms in total. The first-order valence-corrected chi connectivity index (χ1v) is 9.17. The Hall–Kier alpha value is -1.52. The van der Waals surface area contributed by atoms with Crippen molar-refractivity contribution in [3.05, 3.63) is 50.7 Å². The van der Waals surface area contributed by atoms with Crippen LogP contribution < -0.4 is 4.74 Å². The molecule has 0 unspecified atom stereocenters. The summed E-state index contributed by atoms with van der Waals surface area (Å²) in [6.07, 6.45) is 1.66. The highest BCUT2D eigenvalue weighted by molar-refractivity contribution is 7.10. The summed E-state index contributed by atoms with van der Waals surface area (Å²) in [5.41, 5.74) is 2.33. The van der Waals surface area contributed by atoms with E-state index in [2.05, 4.69) is 18.4 Å². The molecule has 5 heteroatoms. The summed E-state index contributed by atoms with van der Waals surface area (Å²) in [7, 11) is 0. The molecule has 2 aliphatic rings. The third-order valence-corrected chi connectivity index (χ3v) is 6.07. The fraction of sp³-hybridized carbons (Fsp3) is 0.389. The Morgan fingerprint density at radius 1 is 1.39 bits per heavy atom. The average molecular weight is 348 g/mol. The van der Waals surface area contributed by atoms with Crippen molar-refractivity contribution >= 4 is 28.8 Å². The fourth-order valence-electron chi connectivity index (χ4n) is 3.57. The van der Waals surface area contributed by atoms with E-state index >= 15 is 0 Å². The van der Waals surface area contributed by atoms with Gasteiger partial charge in [0.25, 0.3) is 0 Å². The molecule has 0 spiro atoms. The molecule has 0 fully saturated rings. The quantitative estimate of drug-likeness (QED) is 0.777. The Labute approximate surface area is 144 Å². The Balaban J connectivity index is 1.54. The second-order valence-corrected chi connectivity index (χ2v) is 7.66. The topological polar surface area (TPSA) is 29.5 Å². The van der Waals surface area contributed by atoms with Gasteiger partial charge in [-0.1, -0.05) is 11.6 Å². The summed E-state index contributed by atoms with van der Waals surface area (Å²) in [5, 5.41) is 2.81. The van der Waals surface area contributed by atoms with E-state index in [9.17, 15) is 4.79 Å². The minimum Gasteiger partial charge on any atom is -0.492 e. The van der Waals surface area contributed by atoms with Gasteiger partial charge < -0.3 is 9.64 Å². The van der Waals surface area contributed by atoms with Crippen molar-refractivity contribution in [2.24, 2.45) is 5.92 Å². The molecule has 120 valence electrons. The Kier molecular flexibility index (Phi) is 3.82. The maximum Gasteiger partial charge on any atom is 0.229 e. The molecule has 3 heterocycles. The molecule has 0 radical (unpaired) electrons. The van der Waals surface area contributed by atoms with Crippen molar-refractivity contribution in [2.45, 2.75) is 25.8 Å². The summed E-state index contributed by atoms with van der Waals surface area (Å²) in [4.78, 5) is 16.4. The van der Waals surface area contributed by atoms with Crippen molar-refractivity contribution in [3.63, 3.8) is 0 Å². The molecule has 2 atom stereocenters. The average Bonchev–Trinajstić information content (AvgIpc) is 3.03. The van der Waals surface area contributed by atoms with E-state index in [1.807, 2.05) is 23.1 Å². The van der Waals surface area contributed by atoms with Crippen molar-refractivity contribution < 1.29 is 9.53 Å². The van der Waals surface area contributed by atoms with Gasteiger partial charge in [-0.3, -0.25) is 4.79 Å². The van der Waals surface area contributed by atoms with Crippen LogP contribution in [0.3, 0.4) is 0 Å². The lowest BCUT2D eigenvalue weighted by Crippen LogP contribution is -2.44. The zero-order valence-electron chi connectivity index (χ0n) is 12.9. The van der Waals surface area contributed by atoms with Gasteiger partial charge in [-0.25, -0.2) is 0 Å². The van der Waals surface area contributed by atoms with E-state index in [0.29, 0.717) is 18.1 Å². The van der Waals surface area contributed by atoms with Crippen LogP contribution in [-0.2, 0) is 17.6 Å². The predicted molar refractivity (Wildman–Crippen MR) is 92.3 cm³/mol. The number of carbonyl (C=O) groups excluding carboxylic acids is 1. The normalized spacial score (nSPS) is 23.0. The maximum atomic E-state index is 13.0. The summed E-state index contributed by atoms with van der Waals surface area (Å²) >= 11 is 7.86. The van der Waals surface area contributed by atoms with Crippen LogP contribution in [0.5, 0.6) is 5.75 Å². The van der Waals surface area contributed by atoms with Crippen LogP contribution in [0, 0.1) is 5.92 Å². The lowest BCUT2D eigenvalue weighted by atomic mass is 9.93. The van der Waals surface area contributed by atoms with Gasteiger partial charge in [-0.05, 0) is 60.5 Å². The maximum absolute atomic E-state index is 13.0. The van der Waals surface area contributed by atoms with Crippen LogP contribution >= 0.6 is 22.9 Å². The van der Waals surface area contributed by atoms with E-state index in [1.165, 1.54) is 10.4 Å². The number of halogens is 1. The number of nitrogens with zero attached hydrogens (tertiary/aromatic N) is 1. The second kappa shape index (κ2) is 5.84. The van der Waals surface area contributed by atoms with Crippen LogP contribution in [0.25, 0.3) is 0 Å². The highest BCUT2D eigenvalue weighted by Gasteiger charge is 2.34. The highest BCUT2D eigenvalue weighted by Crippen LogP contribution is 2.36. The number of hydrogen-bond donors (Lipinski definition) is 0. The summed E-state index contributed by atoms with van der Waals surface area (Å²) in [6, 6.07) is 7.93. The van der Waals surface area contributed by atoms with Gasteiger partial charge >= 0.3 is 0 Å². The Morgan fingerprint density at radius 2 is 2.26 bits per heavy atom. The van der Waals surface area contributed by atoms with Gasteiger partial charge in [0.2, 0.25) is 5.91 Å². The zero-order chi connectivity index (χ0) is 16.0. The van der Waals surface area contributed by atoms with Gasteiger partial charge in [-0.15, -0.1) is 11.3 Å². The number of thiophene rings is 1. The fourth-order valence-corrected chi connectivity index (χ4v) is 4.72. The van der Waals surface area contributed by atoms with Gasteiger partial charge in [-0.2, -0.15) is 0 Å². The van der Waals surface area contributed by atoms with Crippen LogP contribution in [0.1, 0.15) is 29.0 Å². The number of carbonyl (C=O) groups is 1. The molecule has 2 aliphatic heterocycles. The van der Waals surface area contributed by atoms with E-state index in [4.69, 9.17) is 16.3 Å². The molecule has 0 saturated carbocycles. The molecular formula is C18H18ClNO2S. The molecule has 1 aromatic heterocycles. The number of amides is 1. The first kappa shape index (κ1) is 15.0. The second-order valence-electron chi connectivity index (χ2n) is 6.22. The molecule has 2 aromatic rings. The van der Waals surface area contributed by atoms with Crippen molar-refractivity contribution in [1.82, 2.24) is 4.90 Å². The lowest BCUT2D eigenvalue weighted by Gasteiger charge is -2.37. The minimum atomic E-state index is -0.122. The molecule has 1 amide bonds. The summed E-state index contributed by atoms with van der Waals surface area (Å²) in [5.74, 6) is 0.925. The molecular weight excluding hydrogens is 330 g/mol. The van der Waals surface area contributed by atoms with Crippen LogP contribution in [-0.4, -0.2) is 24.0 Å². The number of fused-ring (bicyclic) bond motifs is 2.